The summed E-state index contributed by atoms with van der Waals surface area (Å²) in [5.74, 6) is 0.112. The summed E-state index contributed by atoms with van der Waals surface area (Å²) in [4.78, 5) is 10.1. The van der Waals surface area contributed by atoms with E-state index in [4.69, 9.17) is 0 Å². The van der Waals surface area contributed by atoms with Crippen LogP contribution in [-0.2, 0) is 23.7 Å². The lowest BCUT2D eigenvalue weighted by atomic mass is 9.92. The topological polar surface area (TPSA) is 92.9 Å². The maximum absolute atomic E-state index is 15.5. The Balaban J connectivity index is 0.00000304. The first kappa shape index (κ1) is 26.7. The van der Waals surface area contributed by atoms with Gasteiger partial charge in [0.1, 0.15) is 6.33 Å². The normalized spacial score (nSPS) is 24.8. The third-order valence-electron chi connectivity index (χ3n) is 7.28. The zero-order chi connectivity index (χ0) is 24.7. The maximum atomic E-state index is 15.5. The number of halogens is 4. The molecule has 12 heteroatoms. The van der Waals surface area contributed by atoms with Crippen LogP contribution in [-0.4, -0.2) is 54.9 Å². The molecule has 0 radical (unpaired) electrons. The van der Waals surface area contributed by atoms with Gasteiger partial charge in [0.05, 0.1) is 16.5 Å². The number of fused-ring (bicyclic) bond motifs is 2. The first-order valence-electron chi connectivity index (χ1n) is 12.0. The van der Waals surface area contributed by atoms with Crippen LogP contribution in [0.15, 0.2) is 30.6 Å². The predicted octanol–water partition coefficient (Wildman–Crippen LogP) is 3.93. The third kappa shape index (κ3) is 5.65. The van der Waals surface area contributed by atoms with Gasteiger partial charge in [0, 0.05) is 37.5 Å². The second kappa shape index (κ2) is 10.6. The van der Waals surface area contributed by atoms with Crippen LogP contribution in [0.5, 0.6) is 0 Å². The minimum atomic E-state index is -4.39. The molecule has 2 unspecified atom stereocenters. The lowest BCUT2D eigenvalue weighted by molar-refractivity contribution is -0.137. The first-order chi connectivity index (χ1) is 16.7. The number of piperidine rings is 1. The quantitative estimate of drug-likeness (QED) is 0.523. The second-order valence-corrected chi connectivity index (χ2v) is 11.1. The highest BCUT2D eigenvalue weighted by Crippen LogP contribution is 2.40. The van der Waals surface area contributed by atoms with Crippen LogP contribution in [0.25, 0.3) is 0 Å². The Morgan fingerprint density at radius 1 is 1.08 bits per heavy atom. The average Bonchev–Trinajstić information content (AvgIpc) is 3.61. The molecule has 2 saturated heterocycles. The van der Waals surface area contributed by atoms with Crippen molar-refractivity contribution in [2.45, 2.75) is 69.4 Å². The van der Waals surface area contributed by atoms with Crippen LogP contribution < -0.4 is 10.2 Å². The van der Waals surface area contributed by atoms with Gasteiger partial charge in [0.2, 0.25) is 5.82 Å². The zero-order valence-corrected chi connectivity index (χ0v) is 20.8. The lowest BCUT2D eigenvalue weighted by Crippen LogP contribution is -2.44. The summed E-state index contributed by atoms with van der Waals surface area (Å²) in [5, 5.41) is 3.17. The van der Waals surface area contributed by atoms with Gasteiger partial charge in [-0.25, -0.2) is 18.5 Å². The molecular weight excluding hydrogens is 498 g/mol. The lowest BCUT2D eigenvalue weighted by Gasteiger charge is -2.37. The van der Waals surface area contributed by atoms with Crippen molar-refractivity contribution in [2.75, 3.05) is 23.0 Å². The SMILES string of the molecule is CS(=O)N1[C@@H]2CC[C@H]1CC(CNc1ncnc(N(Cc3ccc(C(F)(F)F)cc3)C3CC3)c1F)C2.O. The number of nitrogens with zero attached hydrogens (tertiary/aromatic N) is 4. The molecule has 2 aromatic rings. The number of rotatable bonds is 8. The van der Waals surface area contributed by atoms with Gasteiger partial charge in [0.25, 0.3) is 0 Å². The second-order valence-electron chi connectivity index (χ2n) is 9.80. The van der Waals surface area contributed by atoms with Gasteiger partial charge in [-0.3, -0.25) is 0 Å². The van der Waals surface area contributed by atoms with E-state index in [1.165, 1.54) is 18.5 Å². The monoisotopic (exact) mass is 529 g/mol. The van der Waals surface area contributed by atoms with E-state index in [9.17, 15) is 17.4 Å². The fraction of sp³-hybridized carbons (Fsp3) is 0.583. The average molecular weight is 530 g/mol. The van der Waals surface area contributed by atoms with Gasteiger partial charge < -0.3 is 15.7 Å². The molecule has 0 amide bonds. The van der Waals surface area contributed by atoms with Gasteiger partial charge in [0.15, 0.2) is 11.6 Å². The Bertz CT molecular complexity index is 1070. The number of alkyl halides is 3. The van der Waals surface area contributed by atoms with E-state index in [2.05, 4.69) is 19.6 Å². The molecule has 0 spiro atoms. The van der Waals surface area contributed by atoms with E-state index in [-0.39, 0.29) is 29.7 Å². The van der Waals surface area contributed by atoms with Crippen molar-refractivity contribution in [3.05, 3.63) is 47.5 Å². The Kier molecular flexibility index (Phi) is 7.86. The molecule has 3 fully saturated rings. The van der Waals surface area contributed by atoms with Gasteiger partial charge in [-0.15, -0.1) is 0 Å². The smallest absolute Gasteiger partial charge is 0.412 e. The van der Waals surface area contributed by atoms with Crippen molar-refractivity contribution < 1.29 is 27.2 Å². The van der Waals surface area contributed by atoms with Crippen molar-refractivity contribution in [3.8, 4) is 0 Å². The molecule has 1 aliphatic carbocycles. The van der Waals surface area contributed by atoms with Crippen LogP contribution in [0.2, 0.25) is 0 Å². The molecule has 3 N–H and O–H groups in total. The number of nitrogens with one attached hydrogen (secondary N) is 1. The van der Waals surface area contributed by atoms with E-state index in [1.807, 2.05) is 4.90 Å². The molecule has 2 bridgehead atoms. The number of benzene rings is 1. The highest BCUT2D eigenvalue weighted by molar-refractivity contribution is 7.81. The Labute approximate surface area is 210 Å². The standard InChI is InChI=1S/C24H29F4N5OS.H2O/c1-35(34)33-19-8-9-20(33)11-16(10-19)12-29-22-21(25)23(31-14-30-22)32(18-6-7-18)13-15-2-4-17(5-3-15)24(26,27)28;/h2-5,14,16,18-20H,6-13H2,1H3,(H,29,30,31);1H2/t16?,19-,20+,35?;. The first-order valence-corrected chi connectivity index (χ1v) is 13.5. The molecule has 3 aliphatic rings. The molecule has 7 nitrogen and oxygen atoms in total. The molecule has 5 rings (SSSR count). The summed E-state index contributed by atoms with van der Waals surface area (Å²) >= 11 is 0. The highest BCUT2D eigenvalue weighted by Gasteiger charge is 2.42. The van der Waals surface area contributed by atoms with Crippen molar-refractivity contribution in [1.82, 2.24) is 14.3 Å². The summed E-state index contributed by atoms with van der Waals surface area (Å²) in [6.07, 6.45) is 4.38. The van der Waals surface area contributed by atoms with Crippen LogP contribution in [0, 0.1) is 11.7 Å². The van der Waals surface area contributed by atoms with E-state index in [1.54, 1.807) is 6.26 Å². The summed E-state index contributed by atoms with van der Waals surface area (Å²) in [5.41, 5.74) is -0.0451. The number of hydrogen-bond acceptors (Lipinski definition) is 5. The molecule has 4 atom stereocenters. The Hall–Kier alpha value is -2.31. The minimum absolute atomic E-state index is 0. The van der Waals surface area contributed by atoms with Crippen molar-refractivity contribution in [3.63, 3.8) is 0 Å². The zero-order valence-electron chi connectivity index (χ0n) is 20.0. The molecular formula is C24H31F4N5O2S. The van der Waals surface area contributed by atoms with Crippen LogP contribution >= 0.6 is 0 Å². The fourth-order valence-electron chi connectivity index (χ4n) is 5.52. The van der Waals surface area contributed by atoms with Crippen LogP contribution in [0.3, 0.4) is 0 Å². The van der Waals surface area contributed by atoms with Gasteiger partial charge in [-0.2, -0.15) is 17.6 Å². The van der Waals surface area contributed by atoms with Crippen LogP contribution in [0.1, 0.15) is 49.7 Å². The van der Waals surface area contributed by atoms with E-state index in [0.29, 0.717) is 30.1 Å². The Morgan fingerprint density at radius 3 is 2.28 bits per heavy atom. The van der Waals surface area contributed by atoms with Gasteiger partial charge in [-0.05, 0) is 62.1 Å². The van der Waals surface area contributed by atoms with E-state index < -0.39 is 28.5 Å². The van der Waals surface area contributed by atoms with Gasteiger partial charge in [-0.1, -0.05) is 12.1 Å². The highest BCUT2D eigenvalue weighted by atomic mass is 32.2. The maximum Gasteiger partial charge on any atom is 0.416 e. The molecule has 1 saturated carbocycles. The van der Waals surface area contributed by atoms with Crippen molar-refractivity contribution in [2.24, 2.45) is 5.92 Å². The van der Waals surface area contributed by atoms with E-state index in [0.717, 1.165) is 50.7 Å². The summed E-state index contributed by atoms with van der Waals surface area (Å²) in [6.45, 7) is 0.846. The molecule has 1 aromatic carbocycles. The van der Waals surface area contributed by atoms with Crippen molar-refractivity contribution >= 4 is 22.6 Å². The summed E-state index contributed by atoms with van der Waals surface area (Å²) < 4.78 is 68.3. The van der Waals surface area contributed by atoms with E-state index >= 15 is 4.39 Å². The summed E-state index contributed by atoms with van der Waals surface area (Å²) in [7, 11) is -0.967. The molecule has 198 valence electrons. The predicted molar refractivity (Wildman–Crippen MR) is 130 cm³/mol. The number of aromatic nitrogens is 2. The molecule has 1 aromatic heterocycles. The number of hydrogen-bond donors (Lipinski definition) is 1. The van der Waals surface area contributed by atoms with Gasteiger partial charge >= 0.3 is 6.18 Å². The van der Waals surface area contributed by atoms with Crippen LogP contribution in [0.4, 0.5) is 29.2 Å². The largest absolute Gasteiger partial charge is 0.416 e. The molecule has 2 aliphatic heterocycles. The Morgan fingerprint density at radius 2 is 1.72 bits per heavy atom. The molecule has 3 heterocycles. The third-order valence-corrected chi connectivity index (χ3v) is 8.47. The molecule has 36 heavy (non-hydrogen) atoms. The summed E-state index contributed by atoms with van der Waals surface area (Å²) in [6, 6.07) is 5.69. The number of anilines is 2. The minimum Gasteiger partial charge on any atom is -0.412 e. The van der Waals surface area contributed by atoms with Crippen molar-refractivity contribution in [1.29, 1.82) is 0 Å². The fourth-order valence-corrected chi connectivity index (χ4v) is 6.74.